The van der Waals surface area contributed by atoms with Gasteiger partial charge in [-0.15, -0.1) is 0 Å². The number of hydrogen-bond donors (Lipinski definition) is 1. The van der Waals surface area contributed by atoms with E-state index in [4.69, 9.17) is 22.3 Å². The molecule has 1 fully saturated rings. The predicted molar refractivity (Wildman–Crippen MR) is 79.6 cm³/mol. The molecule has 1 saturated carbocycles. The number of aryl methyl sites for hydroxylation is 1. The highest BCUT2D eigenvalue weighted by molar-refractivity contribution is 6.31. The number of rotatable bonds is 3. The Bertz CT molecular complexity index is 590. The molecular weight excluding hydrogens is 258 g/mol. The third-order valence-electron chi connectivity index (χ3n) is 4.35. The molecule has 0 radical (unpaired) electrons. The molecule has 0 aliphatic heterocycles. The Morgan fingerprint density at radius 2 is 2.26 bits per heavy atom. The topological polar surface area (TPSA) is 43.8 Å². The van der Waals surface area contributed by atoms with Gasteiger partial charge in [0.05, 0.1) is 11.0 Å². The molecule has 1 heterocycles. The molecule has 1 aliphatic carbocycles. The standard InChI is InChI=1S/C15H20ClN3/c1-2-19-14-8-11(16)6-7-13(14)18-15(19)12-5-3-4-10(12)9-17/h6-8,10,12H,2-5,9,17H2,1H3. The van der Waals surface area contributed by atoms with E-state index >= 15 is 0 Å². The summed E-state index contributed by atoms with van der Waals surface area (Å²) >= 11 is 6.11. The van der Waals surface area contributed by atoms with Crippen LogP contribution in [0.2, 0.25) is 5.02 Å². The molecule has 0 saturated heterocycles. The fourth-order valence-corrected chi connectivity index (χ4v) is 3.56. The number of nitrogens with two attached hydrogens (primary N) is 1. The molecule has 0 bridgehead atoms. The van der Waals surface area contributed by atoms with Crippen LogP contribution in [0.1, 0.15) is 37.9 Å². The van der Waals surface area contributed by atoms with Crippen LogP contribution in [-0.2, 0) is 6.54 Å². The summed E-state index contributed by atoms with van der Waals surface area (Å²) in [5.74, 6) is 2.29. The van der Waals surface area contributed by atoms with Crippen molar-refractivity contribution in [3.05, 3.63) is 29.0 Å². The van der Waals surface area contributed by atoms with E-state index in [1.165, 1.54) is 25.1 Å². The lowest BCUT2D eigenvalue weighted by Crippen LogP contribution is -2.20. The first-order chi connectivity index (χ1) is 9.24. The molecule has 3 rings (SSSR count). The predicted octanol–water partition coefficient (Wildman–Crippen LogP) is 3.55. The second kappa shape index (κ2) is 5.14. The number of nitrogens with zero attached hydrogens (tertiary/aromatic N) is 2. The van der Waals surface area contributed by atoms with E-state index < -0.39 is 0 Å². The third kappa shape index (κ3) is 2.15. The third-order valence-corrected chi connectivity index (χ3v) is 4.58. The van der Waals surface area contributed by atoms with Crippen LogP contribution in [0.15, 0.2) is 18.2 Å². The van der Waals surface area contributed by atoms with E-state index in [0.717, 1.165) is 29.1 Å². The maximum atomic E-state index is 6.11. The lowest BCUT2D eigenvalue weighted by atomic mass is 9.95. The van der Waals surface area contributed by atoms with E-state index in [2.05, 4.69) is 11.5 Å². The summed E-state index contributed by atoms with van der Waals surface area (Å²) < 4.78 is 2.31. The fourth-order valence-electron chi connectivity index (χ4n) is 3.39. The summed E-state index contributed by atoms with van der Waals surface area (Å²) in [7, 11) is 0. The smallest absolute Gasteiger partial charge is 0.113 e. The SMILES string of the molecule is CCn1c(C2CCCC2CN)nc2ccc(Cl)cc21. The Morgan fingerprint density at radius 3 is 3.00 bits per heavy atom. The van der Waals surface area contributed by atoms with Crippen LogP contribution in [0.25, 0.3) is 11.0 Å². The lowest BCUT2D eigenvalue weighted by Gasteiger charge is -2.18. The van der Waals surface area contributed by atoms with Crippen molar-refractivity contribution >= 4 is 22.6 Å². The minimum Gasteiger partial charge on any atom is -0.330 e. The summed E-state index contributed by atoms with van der Waals surface area (Å²) in [5.41, 5.74) is 8.10. The Morgan fingerprint density at radius 1 is 1.42 bits per heavy atom. The summed E-state index contributed by atoms with van der Waals surface area (Å²) in [6.07, 6.45) is 3.70. The van der Waals surface area contributed by atoms with Gasteiger partial charge in [-0.2, -0.15) is 0 Å². The van der Waals surface area contributed by atoms with Crippen molar-refractivity contribution in [3.8, 4) is 0 Å². The van der Waals surface area contributed by atoms with Crippen LogP contribution >= 0.6 is 11.6 Å². The Hall–Kier alpha value is -1.06. The maximum Gasteiger partial charge on any atom is 0.113 e. The van der Waals surface area contributed by atoms with Crippen LogP contribution in [-0.4, -0.2) is 16.1 Å². The van der Waals surface area contributed by atoms with Crippen molar-refractivity contribution in [2.75, 3.05) is 6.54 Å². The van der Waals surface area contributed by atoms with Gasteiger partial charge in [0, 0.05) is 17.5 Å². The highest BCUT2D eigenvalue weighted by Crippen LogP contribution is 2.39. The number of benzene rings is 1. The van der Waals surface area contributed by atoms with Crippen LogP contribution in [0, 0.1) is 5.92 Å². The van der Waals surface area contributed by atoms with Gasteiger partial charge in [0.2, 0.25) is 0 Å². The van der Waals surface area contributed by atoms with E-state index in [1.807, 2.05) is 18.2 Å². The van der Waals surface area contributed by atoms with Crippen LogP contribution < -0.4 is 5.73 Å². The number of imidazole rings is 1. The first kappa shape index (κ1) is 12.9. The van der Waals surface area contributed by atoms with Gasteiger partial charge in [0.15, 0.2) is 0 Å². The summed E-state index contributed by atoms with van der Waals surface area (Å²) in [5, 5.41) is 0.774. The monoisotopic (exact) mass is 277 g/mol. The van der Waals surface area contributed by atoms with Gasteiger partial charge in [0.1, 0.15) is 5.82 Å². The van der Waals surface area contributed by atoms with Crippen molar-refractivity contribution in [2.45, 2.75) is 38.6 Å². The van der Waals surface area contributed by atoms with Crippen LogP contribution in [0.5, 0.6) is 0 Å². The van der Waals surface area contributed by atoms with Crippen molar-refractivity contribution in [2.24, 2.45) is 11.7 Å². The quantitative estimate of drug-likeness (QED) is 0.932. The first-order valence-corrected chi connectivity index (χ1v) is 7.48. The number of fused-ring (bicyclic) bond motifs is 1. The van der Waals surface area contributed by atoms with Gasteiger partial charge >= 0.3 is 0 Å². The highest BCUT2D eigenvalue weighted by atomic mass is 35.5. The molecule has 3 nitrogen and oxygen atoms in total. The Kier molecular flexibility index (Phi) is 3.50. The van der Waals surface area contributed by atoms with Gasteiger partial charge < -0.3 is 10.3 Å². The summed E-state index contributed by atoms with van der Waals surface area (Å²) in [4.78, 5) is 4.85. The zero-order chi connectivity index (χ0) is 13.4. The van der Waals surface area contributed by atoms with Gasteiger partial charge in [-0.1, -0.05) is 18.0 Å². The molecular formula is C15H20ClN3. The summed E-state index contributed by atoms with van der Waals surface area (Å²) in [6, 6.07) is 5.94. The normalized spacial score (nSPS) is 23.3. The van der Waals surface area contributed by atoms with E-state index in [-0.39, 0.29) is 0 Å². The van der Waals surface area contributed by atoms with Gasteiger partial charge in [0.25, 0.3) is 0 Å². The molecule has 1 aromatic heterocycles. The van der Waals surface area contributed by atoms with Crippen molar-refractivity contribution in [3.63, 3.8) is 0 Å². The van der Waals surface area contributed by atoms with Crippen LogP contribution in [0.4, 0.5) is 0 Å². The van der Waals surface area contributed by atoms with E-state index in [9.17, 15) is 0 Å². The maximum absolute atomic E-state index is 6.11. The molecule has 4 heteroatoms. The molecule has 19 heavy (non-hydrogen) atoms. The molecule has 2 N–H and O–H groups in total. The second-order valence-electron chi connectivity index (χ2n) is 5.38. The minimum absolute atomic E-state index is 0.510. The Labute approximate surface area is 118 Å². The zero-order valence-electron chi connectivity index (χ0n) is 11.3. The molecule has 2 atom stereocenters. The molecule has 0 spiro atoms. The highest BCUT2D eigenvalue weighted by Gasteiger charge is 2.31. The van der Waals surface area contributed by atoms with Gasteiger partial charge in [-0.25, -0.2) is 4.98 Å². The summed E-state index contributed by atoms with van der Waals surface area (Å²) in [6.45, 7) is 3.86. The number of halogens is 1. The molecule has 0 amide bonds. The number of hydrogen-bond acceptors (Lipinski definition) is 2. The largest absolute Gasteiger partial charge is 0.330 e. The Balaban J connectivity index is 2.12. The first-order valence-electron chi connectivity index (χ1n) is 7.10. The molecule has 2 unspecified atom stereocenters. The lowest BCUT2D eigenvalue weighted by molar-refractivity contribution is 0.463. The average molecular weight is 278 g/mol. The molecule has 1 aromatic carbocycles. The molecule has 2 aromatic rings. The molecule has 1 aliphatic rings. The van der Waals surface area contributed by atoms with Gasteiger partial charge in [-0.05, 0) is 50.4 Å². The fraction of sp³-hybridized carbons (Fsp3) is 0.533. The van der Waals surface area contributed by atoms with E-state index in [1.54, 1.807) is 0 Å². The minimum atomic E-state index is 0.510. The number of aromatic nitrogens is 2. The van der Waals surface area contributed by atoms with E-state index in [0.29, 0.717) is 11.8 Å². The van der Waals surface area contributed by atoms with Crippen molar-refractivity contribution < 1.29 is 0 Å². The van der Waals surface area contributed by atoms with Crippen LogP contribution in [0.3, 0.4) is 0 Å². The average Bonchev–Trinajstić information content (AvgIpc) is 3.00. The molecule has 102 valence electrons. The van der Waals surface area contributed by atoms with Gasteiger partial charge in [-0.3, -0.25) is 0 Å². The van der Waals surface area contributed by atoms with Crippen molar-refractivity contribution in [1.82, 2.24) is 9.55 Å². The van der Waals surface area contributed by atoms with Crippen molar-refractivity contribution in [1.29, 1.82) is 0 Å². The second-order valence-corrected chi connectivity index (χ2v) is 5.82. The zero-order valence-corrected chi connectivity index (χ0v) is 12.0.